The first kappa shape index (κ1) is 35.1. The quantitative estimate of drug-likeness (QED) is 0.127. The third-order valence-electron chi connectivity index (χ3n) is 7.10. The largest absolute Gasteiger partial charge is 0.461 e. The molecular formula is C32H43N3O8. The lowest BCUT2D eigenvalue weighted by molar-refractivity contribution is -0.149. The van der Waals surface area contributed by atoms with Crippen molar-refractivity contribution in [1.29, 1.82) is 0 Å². The number of hydrogen-bond acceptors (Lipinski definition) is 8. The molecular weight excluding hydrogens is 554 g/mol. The normalized spacial score (nSPS) is 13.9. The fourth-order valence-corrected chi connectivity index (χ4v) is 4.44. The molecule has 3 amide bonds. The lowest BCUT2D eigenvalue weighted by Crippen LogP contribution is -2.48. The zero-order valence-corrected chi connectivity index (χ0v) is 24.9. The molecule has 43 heavy (non-hydrogen) atoms. The van der Waals surface area contributed by atoms with Crippen molar-refractivity contribution < 1.29 is 38.9 Å². The van der Waals surface area contributed by atoms with Crippen LogP contribution in [0.5, 0.6) is 0 Å². The zero-order chi connectivity index (χ0) is 31.9. The number of carbonyl (C=O) groups excluding carboxylic acids is 5. The molecule has 4 atom stereocenters. The Kier molecular flexibility index (Phi) is 14.5. The molecule has 0 aromatic heterocycles. The van der Waals surface area contributed by atoms with Crippen molar-refractivity contribution in [3.05, 3.63) is 71.8 Å². The molecule has 2 aromatic rings. The van der Waals surface area contributed by atoms with Crippen LogP contribution in [0.1, 0.15) is 57.6 Å². The fourth-order valence-electron chi connectivity index (χ4n) is 4.44. The lowest BCUT2D eigenvalue weighted by atomic mass is 9.90. The fraction of sp³-hybridized carbons (Fsp3) is 0.469. The van der Waals surface area contributed by atoms with Gasteiger partial charge in [-0.05, 0) is 29.9 Å². The number of hydrogen-bond donors (Lipinski definition) is 5. The minimum absolute atomic E-state index is 0.0812. The smallest absolute Gasteiger partial charge is 0.306 e. The number of esters is 1. The summed E-state index contributed by atoms with van der Waals surface area (Å²) in [5, 5.41) is 24.4. The number of Topliss-reactive ketones (excluding diaryl/α,β-unsaturated/α-hetero) is 1. The average Bonchev–Trinajstić information content (AvgIpc) is 2.96. The van der Waals surface area contributed by atoms with Gasteiger partial charge >= 0.3 is 5.97 Å². The van der Waals surface area contributed by atoms with Crippen LogP contribution in [0.25, 0.3) is 0 Å². The molecule has 0 fully saturated rings. The van der Waals surface area contributed by atoms with Crippen LogP contribution in [0, 0.1) is 17.8 Å². The summed E-state index contributed by atoms with van der Waals surface area (Å²) < 4.78 is 5.37. The van der Waals surface area contributed by atoms with Gasteiger partial charge in [0.1, 0.15) is 6.61 Å². The Balaban J connectivity index is 2.10. The highest BCUT2D eigenvalue weighted by atomic mass is 16.5. The molecule has 2 aromatic carbocycles. The van der Waals surface area contributed by atoms with Gasteiger partial charge in [-0.25, -0.2) is 0 Å². The Hall–Kier alpha value is -4.09. The van der Waals surface area contributed by atoms with E-state index < -0.39 is 59.7 Å². The van der Waals surface area contributed by atoms with Crippen LogP contribution in [-0.2, 0) is 41.7 Å². The lowest BCUT2D eigenvalue weighted by Gasteiger charge is -2.25. The van der Waals surface area contributed by atoms with Crippen molar-refractivity contribution in [2.45, 2.75) is 77.9 Å². The van der Waals surface area contributed by atoms with Crippen LogP contribution in [0.15, 0.2) is 60.7 Å². The van der Waals surface area contributed by atoms with Crippen LogP contribution in [0.3, 0.4) is 0 Å². The second-order valence-corrected chi connectivity index (χ2v) is 11.1. The van der Waals surface area contributed by atoms with Crippen molar-refractivity contribution in [3.63, 3.8) is 0 Å². The predicted molar refractivity (Wildman–Crippen MR) is 159 cm³/mol. The number of nitrogens with two attached hydrogens (primary N) is 1. The molecule has 1 unspecified atom stereocenters. The van der Waals surface area contributed by atoms with E-state index >= 15 is 0 Å². The predicted octanol–water partition coefficient (Wildman–Crippen LogP) is 1.78. The number of benzene rings is 2. The minimum atomic E-state index is -1.93. The van der Waals surface area contributed by atoms with Gasteiger partial charge in [-0.2, -0.15) is 0 Å². The van der Waals surface area contributed by atoms with E-state index in [9.17, 15) is 34.2 Å². The third-order valence-corrected chi connectivity index (χ3v) is 7.10. The monoisotopic (exact) mass is 597 g/mol. The molecule has 6 N–H and O–H groups in total. The first-order chi connectivity index (χ1) is 20.4. The van der Waals surface area contributed by atoms with E-state index in [0.29, 0.717) is 0 Å². The number of rotatable bonds is 18. The summed E-state index contributed by atoms with van der Waals surface area (Å²) in [5.74, 6) is -4.58. The molecule has 234 valence electrons. The number of ether oxygens (including phenoxy) is 1. The molecule has 0 aliphatic rings. The molecule has 11 nitrogen and oxygen atoms in total. The maximum atomic E-state index is 13.5. The molecule has 0 bridgehead atoms. The Morgan fingerprint density at radius 2 is 1.40 bits per heavy atom. The minimum Gasteiger partial charge on any atom is -0.461 e. The molecule has 0 heterocycles. The summed E-state index contributed by atoms with van der Waals surface area (Å²) in [6.07, 6.45) is -2.44. The molecule has 0 radical (unpaired) electrons. The Morgan fingerprint density at radius 1 is 0.814 bits per heavy atom. The first-order valence-electron chi connectivity index (χ1n) is 14.4. The average molecular weight is 598 g/mol. The summed E-state index contributed by atoms with van der Waals surface area (Å²) in [4.78, 5) is 63.4. The summed E-state index contributed by atoms with van der Waals surface area (Å²) in [6.45, 7) is 5.19. The molecule has 0 saturated carbocycles. The highest BCUT2D eigenvalue weighted by Crippen LogP contribution is 2.19. The standard InChI is InChI=1S/C32H43N3O8/c1-20(2)24(18-29(38)43-19-23-12-8-5-9-13-23)31(40)35-26(17-22-10-6-4-7-11-22)27(36)16-21(3)30(39)34-25(32(41)42)14-15-28(33)37/h4-13,20-21,24-26,32,41-42H,14-19H2,1-3H3,(H2,33,37)(H,34,39)(H,35,40)/t21-,24+,25?,26+/m1/s1. The number of amides is 3. The highest BCUT2D eigenvalue weighted by molar-refractivity contribution is 5.93. The Labute approximate surface area is 252 Å². The van der Waals surface area contributed by atoms with Gasteiger partial charge in [-0.15, -0.1) is 0 Å². The molecule has 0 aliphatic heterocycles. The van der Waals surface area contributed by atoms with Crippen molar-refractivity contribution in [1.82, 2.24) is 10.6 Å². The number of primary amides is 1. The summed E-state index contributed by atoms with van der Waals surface area (Å²) >= 11 is 0. The SMILES string of the molecule is CC(C)[C@H](CC(=O)OCc1ccccc1)C(=O)N[C@@H](Cc1ccccc1)C(=O)C[C@@H](C)C(=O)NC(CCC(N)=O)C(O)O. The molecule has 0 spiro atoms. The van der Waals surface area contributed by atoms with Crippen LogP contribution in [0.4, 0.5) is 0 Å². The van der Waals surface area contributed by atoms with Crippen LogP contribution >= 0.6 is 0 Å². The molecule has 0 aliphatic carbocycles. The number of carbonyl (C=O) groups is 5. The van der Waals surface area contributed by atoms with E-state index in [2.05, 4.69) is 10.6 Å². The molecule has 11 heteroatoms. The van der Waals surface area contributed by atoms with Crippen LogP contribution in [0.2, 0.25) is 0 Å². The topological polar surface area (TPSA) is 185 Å². The number of ketones is 1. The maximum absolute atomic E-state index is 13.5. The number of aliphatic hydroxyl groups is 2. The van der Waals surface area contributed by atoms with E-state index in [1.54, 1.807) is 26.0 Å². The van der Waals surface area contributed by atoms with Gasteiger partial charge in [-0.1, -0.05) is 81.4 Å². The van der Waals surface area contributed by atoms with Gasteiger partial charge < -0.3 is 31.3 Å². The van der Waals surface area contributed by atoms with Gasteiger partial charge in [-0.3, -0.25) is 24.0 Å². The zero-order valence-electron chi connectivity index (χ0n) is 24.9. The number of nitrogens with one attached hydrogen (secondary N) is 2. The van der Waals surface area contributed by atoms with Gasteiger partial charge in [0.2, 0.25) is 17.7 Å². The van der Waals surface area contributed by atoms with Gasteiger partial charge in [0.05, 0.1) is 24.4 Å². The number of aliphatic hydroxyl groups excluding tert-OH is 1. The van der Waals surface area contributed by atoms with Crippen molar-refractivity contribution >= 4 is 29.5 Å². The van der Waals surface area contributed by atoms with E-state index in [0.717, 1.165) is 11.1 Å². The van der Waals surface area contributed by atoms with Crippen LogP contribution < -0.4 is 16.4 Å². The Bertz CT molecular complexity index is 1200. The van der Waals surface area contributed by atoms with Gasteiger partial charge in [0, 0.05) is 18.8 Å². The molecule has 2 rings (SSSR count). The van der Waals surface area contributed by atoms with Crippen LogP contribution in [-0.4, -0.2) is 58.1 Å². The Morgan fingerprint density at radius 3 is 1.93 bits per heavy atom. The molecule has 0 saturated heterocycles. The third kappa shape index (κ3) is 12.8. The summed E-state index contributed by atoms with van der Waals surface area (Å²) in [7, 11) is 0. The van der Waals surface area contributed by atoms with E-state index in [-0.39, 0.29) is 44.6 Å². The van der Waals surface area contributed by atoms with E-state index in [1.165, 1.54) is 6.92 Å². The van der Waals surface area contributed by atoms with Crippen molar-refractivity contribution in [3.8, 4) is 0 Å². The summed E-state index contributed by atoms with van der Waals surface area (Å²) in [5.41, 5.74) is 6.73. The highest BCUT2D eigenvalue weighted by Gasteiger charge is 2.32. The van der Waals surface area contributed by atoms with E-state index in [1.807, 2.05) is 48.5 Å². The summed E-state index contributed by atoms with van der Waals surface area (Å²) in [6, 6.07) is 16.1. The van der Waals surface area contributed by atoms with E-state index in [4.69, 9.17) is 10.5 Å². The first-order valence-corrected chi connectivity index (χ1v) is 14.4. The van der Waals surface area contributed by atoms with Gasteiger partial charge in [0.15, 0.2) is 12.1 Å². The van der Waals surface area contributed by atoms with Crippen molar-refractivity contribution in [2.75, 3.05) is 0 Å². The maximum Gasteiger partial charge on any atom is 0.306 e. The second kappa shape index (κ2) is 17.8. The van der Waals surface area contributed by atoms with Crippen molar-refractivity contribution in [2.24, 2.45) is 23.5 Å². The van der Waals surface area contributed by atoms with Gasteiger partial charge in [0.25, 0.3) is 0 Å². The second-order valence-electron chi connectivity index (χ2n) is 11.1.